The number of sulfonamides is 1. The van der Waals surface area contributed by atoms with Crippen LogP contribution in [0, 0.1) is 5.92 Å². The number of hydrogen-bond acceptors (Lipinski definition) is 4. The smallest absolute Gasteiger partial charge is 0.382 e. The summed E-state index contributed by atoms with van der Waals surface area (Å²) in [5.41, 5.74) is 0. The predicted octanol–water partition coefficient (Wildman–Crippen LogP) is 3.02. The van der Waals surface area contributed by atoms with Crippen molar-refractivity contribution in [3.63, 3.8) is 0 Å². The number of aliphatic hydroxyl groups excluding tert-OH is 1. The normalized spacial score (nSPS) is 17.5. The van der Waals surface area contributed by atoms with E-state index in [-0.39, 0.29) is 15.0 Å². The summed E-state index contributed by atoms with van der Waals surface area (Å²) in [6.45, 7) is 3.04. The summed E-state index contributed by atoms with van der Waals surface area (Å²) in [5.74, 6) is -0.702. The maximum Gasteiger partial charge on any atom is 0.415 e. The second-order valence-corrected chi connectivity index (χ2v) is 8.23. The zero-order valence-electron chi connectivity index (χ0n) is 11.2. The minimum absolute atomic E-state index is 0.199. The van der Waals surface area contributed by atoms with Gasteiger partial charge in [-0.2, -0.15) is 13.2 Å². The van der Waals surface area contributed by atoms with Crippen molar-refractivity contribution in [2.45, 2.75) is 42.8 Å². The van der Waals surface area contributed by atoms with E-state index >= 15 is 0 Å². The Morgan fingerprint density at radius 2 is 2.00 bits per heavy atom. The van der Waals surface area contributed by atoms with Crippen LogP contribution >= 0.6 is 22.9 Å². The molecule has 0 radical (unpaired) electrons. The van der Waals surface area contributed by atoms with Gasteiger partial charge in [-0.1, -0.05) is 31.9 Å². The van der Waals surface area contributed by atoms with Crippen molar-refractivity contribution in [2.24, 2.45) is 5.92 Å². The van der Waals surface area contributed by atoms with Gasteiger partial charge >= 0.3 is 6.18 Å². The Morgan fingerprint density at radius 1 is 1.43 bits per heavy atom. The molecule has 21 heavy (non-hydrogen) atoms. The summed E-state index contributed by atoms with van der Waals surface area (Å²) in [6.07, 6.45) is -7.42. The quantitative estimate of drug-likeness (QED) is 0.814. The third-order valence-corrected chi connectivity index (χ3v) is 6.22. The van der Waals surface area contributed by atoms with Gasteiger partial charge in [-0.15, -0.1) is 11.3 Å². The Kier molecular flexibility index (Phi) is 6.08. The number of alkyl halides is 3. The van der Waals surface area contributed by atoms with Gasteiger partial charge in [0.25, 0.3) is 0 Å². The van der Waals surface area contributed by atoms with Gasteiger partial charge in [0, 0.05) is 0 Å². The fourth-order valence-electron chi connectivity index (χ4n) is 1.63. The number of nitrogens with one attached hydrogen (secondary N) is 1. The molecule has 10 heteroatoms. The molecule has 1 aromatic rings. The largest absolute Gasteiger partial charge is 0.415 e. The maximum absolute atomic E-state index is 12.7. The van der Waals surface area contributed by atoms with Gasteiger partial charge in [-0.3, -0.25) is 0 Å². The highest BCUT2D eigenvalue weighted by Crippen LogP contribution is 2.30. The van der Waals surface area contributed by atoms with Gasteiger partial charge in [0.05, 0.1) is 10.4 Å². The minimum Gasteiger partial charge on any atom is -0.382 e. The highest BCUT2D eigenvalue weighted by Gasteiger charge is 2.46. The second kappa shape index (κ2) is 6.82. The topological polar surface area (TPSA) is 66.4 Å². The zero-order valence-corrected chi connectivity index (χ0v) is 13.6. The molecule has 1 heterocycles. The van der Waals surface area contributed by atoms with Crippen LogP contribution in [0.4, 0.5) is 13.2 Å². The molecule has 4 nitrogen and oxygen atoms in total. The van der Waals surface area contributed by atoms with Gasteiger partial charge in [0.2, 0.25) is 10.0 Å². The van der Waals surface area contributed by atoms with Crippen LogP contribution in [-0.2, 0) is 10.0 Å². The lowest BCUT2D eigenvalue weighted by Crippen LogP contribution is -2.52. The van der Waals surface area contributed by atoms with Crippen LogP contribution in [0.2, 0.25) is 4.34 Å². The van der Waals surface area contributed by atoms with E-state index in [1.165, 1.54) is 19.1 Å². The Bertz CT molecular complexity index is 574. The molecule has 3 atom stereocenters. The Morgan fingerprint density at radius 3 is 2.38 bits per heavy atom. The molecule has 0 saturated heterocycles. The number of rotatable bonds is 6. The first-order valence-electron chi connectivity index (χ1n) is 6.01. The SMILES string of the molecule is CC[C@H](C)C(NS(=O)(=O)c1ccc(Cl)s1)[C@H](O)C(F)(F)F. The summed E-state index contributed by atoms with van der Waals surface area (Å²) < 4.78 is 64.1. The first-order valence-corrected chi connectivity index (χ1v) is 8.69. The lowest BCUT2D eigenvalue weighted by Gasteiger charge is -2.29. The van der Waals surface area contributed by atoms with Crippen molar-refractivity contribution < 1.29 is 26.7 Å². The summed E-state index contributed by atoms with van der Waals surface area (Å²) >= 11 is 6.35. The molecule has 1 aromatic heterocycles. The molecular formula is C11H15ClF3NO3S2. The molecular weight excluding hydrogens is 351 g/mol. The average molecular weight is 366 g/mol. The van der Waals surface area contributed by atoms with Crippen LogP contribution in [0.15, 0.2) is 16.3 Å². The molecule has 1 rings (SSSR count). The predicted molar refractivity (Wildman–Crippen MR) is 75.0 cm³/mol. The zero-order chi connectivity index (χ0) is 16.4. The summed E-state index contributed by atoms with van der Waals surface area (Å²) in [4.78, 5) is 0. The van der Waals surface area contributed by atoms with Gasteiger partial charge < -0.3 is 5.11 Å². The van der Waals surface area contributed by atoms with Crippen LogP contribution in [0.1, 0.15) is 20.3 Å². The molecule has 122 valence electrons. The molecule has 0 aliphatic rings. The molecule has 0 amide bonds. The summed E-state index contributed by atoms with van der Waals surface area (Å²) in [5, 5.41) is 9.39. The molecule has 0 aromatic carbocycles. The molecule has 0 aliphatic heterocycles. The van der Waals surface area contributed by atoms with Crippen molar-refractivity contribution in [1.29, 1.82) is 0 Å². The third kappa shape index (κ3) is 4.82. The molecule has 0 spiro atoms. The van der Waals surface area contributed by atoms with Crippen LogP contribution in [0.25, 0.3) is 0 Å². The van der Waals surface area contributed by atoms with Gasteiger partial charge in [-0.05, 0) is 18.1 Å². The molecule has 1 unspecified atom stereocenters. The van der Waals surface area contributed by atoms with Crippen molar-refractivity contribution in [1.82, 2.24) is 4.72 Å². The van der Waals surface area contributed by atoms with Crippen molar-refractivity contribution in [3.05, 3.63) is 16.5 Å². The Hall–Kier alpha value is -0.350. The van der Waals surface area contributed by atoms with E-state index < -0.39 is 34.3 Å². The molecule has 2 N–H and O–H groups in total. The number of halogens is 4. The van der Waals surface area contributed by atoms with Crippen LogP contribution < -0.4 is 4.72 Å². The number of aliphatic hydroxyl groups is 1. The van der Waals surface area contributed by atoms with Crippen molar-refractivity contribution >= 4 is 33.0 Å². The fourth-order valence-corrected chi connectivity index (χ4v) is 4.48. The van der Waals surface area contributed by atoms with Crippen LogP contribution in [0.3, 0.4) is 0 Å². The summed E-state index contributed by atoms with van der Waals surface area (Å²) in [6, 6.07) is 0.864. The van der Waals surface area contributed by atoms with E-state index in [1.54, 1.807) is 6.92 Å². The summed E-state index contributed by atoms with van der Waals surface area (Å²) in [7, 11) is -4.18. The monoisotopic (exact) mass is 365 g/mol. The van der Waals surface area contributed by atoms with Crippen molar-refractivity contribution in [3.8, 4) is 0 Å². The minimum atomic E-state index is -4.91. The number of hydrogen-bond donors (Lipinski definition) is 2. The van der Waals surface area contributed by atoms with E-state index in [4.69, 9.17) is 11.6 Å². The van der Waals surface area contributed by atoms with E-state index in [2.05, 4.69) is 0 Å². The van der Waals surface area contributed by atoms with Crippen molar-refractivity contribution in [2.75, 3.05) is 0 Å². The first-order chi connectivity index (χ1) is 9.49. The Balaban J connectivity index is 3.07. The lowest BCUT2D eigenvalue weighted by atomic mass is 9.95. The van der Waals surface area contributed by atoms with Crippen LogP contribution in [0.5, 0.6) is 0 Å². The molecule has 0 bridgehead atoms. The second-order valence-electron chi connectivity index (χ2n) is 4.58. The third-order valence-electron chi connectivity index (χ3n) is 3.04. The molecule has 0 aliphatic carbocycles. The highest BCUT2D eigenvalue weighted by atomic mass is 35.5. The highest BCUT2D eigenvalue weighted by molar-refractivity contribution is 7.91. The first kappa shape index (κ1) is 18.7. The average Bonchev–Trinajstić information content (AvgIpc) is 2.80. The fraction of sp³-hybridized carbons (Fsp3) is 0.636. The van der Waals surface area contributed by atoms with Gasteiger partial charge in [0.1, 0.15) is 4.21 Å². The Labute approximate surface area is 130 Å². The van der Waals surface area contributed by atoms with E-state index in [0.29, 0.717) is 0 Å². The number of thiophene rings is 1. The van der Waals surface area contributed by atoms with Gasteiger partial charge in [-0.25, -0.2) is 13.1 Å². The van der Waals surface area contributed by atoms with E-state index in [9.17, 15) is 26.7 Å². The van der Waals surface area contributed by atoms with E-state index in [0.717, 1.165) is 11.3 Å². The van der Waals surface area contributed by atoms with Gasteiger partial charge in [0.15, 0.2) is 6.10 Å². The molecule has 0 saturated carbocycles. The lowest BCUT2D eigenvalue weighted by molar-refractivity contribution is -0.214. The maximum atomic E-state index is 12.7. The van der Waals surface area contributed by atoms with Crippen LogP contribution in [-0.4, -0.2) is 31.8 Å². The molecule has 0 fully saturated rings. The van der Waals surface area contributed by atoms with E-state index in [1.807, 2.05) is 4.72 Å². The standard InChI is InChI=1S/C11H15ClF3NO3S2/c1-3-6(2)9(10(17)11(13,14)15)16-21(18,19)8-5-4-7(12)20-8/h4-6,9-10,16-17H,3H2,1-2H3/t6-,9?,10-/m0/s1.